The first-order valence-electron chi connectivity index (χ1n) is 8.39. The van der Waals surface area contributed by atoms with Crippen LogP contribution in [0.5, 0.6) is 11.5 Å². The Hall–Kier alpha value is -3.95. The molecule has 142 valence electrons. The maximum absolute atomic E-state index is 5.33. The zero-order valence-electron chi connectivity index (χ0n) is 15.2. The first-order chi connectivity index (χ1) is 13.8. The quantitative estimate of drug-likeness (QED) is 0.517. The Bertz CT molecular complexity index is 1050. The van der Waals surface area contributed by atoms with Gasteiger partial charge in [0.2, 0.25) is 11.7 Å². The third-order valence-electron chi connectivity index (χ3n) is 4.03. The third kappa shape index (κ3) is 3.61. The van der Waals surface area contributed by atoms with E-state index >= 15 is 0 Å². The van der Waals surface area contributed by atoms with E-state index in [4.69, 9.17) is 14.0 Å². The Morgan fingerprint density at radius 3 is 2.57 bits per heavy atom. The molecule has 2 aromatic heterocycles. The lowest BCUT2D eigenvalue weighted by Crippen LogP contribution is -2.00. The summed E-state index contributed by atoms with van der Waals surface area (Å²) in [6, 6.07) is 13.1. The van der Waals surface area contributed by atoms with Crippen LogP contribution in [0.25, 0.3) is 17.1 Å². The Labute approximate surface area is 160 Å². The molecule has 0 fully saturated rings. The lowest BCUT2D eigenvalue weighted by molar-refractivity contribution is 0.355. The van der Waals surface area contributed by atoms with E-state index in [-0.39, 0.29) is 0 Å². The summed E-state index contributed by atoms with van der Waals surface area (Å²) in [5, 5.41) is 18.4. The number of rotatable bonds is 7. The van der Waals surface area contributed by atoms with Crippen LogP contribution < -0.4 is 14.8 Å². The van der Waals surface area contributed by atoms with Crippen molar-refractivity contribution in [2.24, 2.45) is 0 Å². The van der Waals surface area contributed by atoms with Crippen molar-refractivity contribution in [1.29, 1.82) is 0 Å². The fraction of sp³-hybridized carbons (Fsp3) is 0.167. The largest absolute Gasteiger partial charge is 0.493 e. The number of benzene rings is 2. The van der Waals surface area contributed by atoms with Crippen molar-refractivity contribution in [2.75, 3.05) is 19.5 Å². The molecule has 0 spiro atoms. The zero-order chi connectivity index (χ0) is 19.3. The summed E-state index contributed by atoms with van der Waals surface area (Å²) in [5.74, 6) is 2.19. The molecule has 2 aromatic carbocycles. The van der Waals surface area contributed by atoms with Gasteiger partial charge in [-0.1, -0.05) is 5.16 Å². The molecule has 0 aliphatic carbocycles. The first-order valence-corrected chi connectivity index (χ1v) is 8.39. The minimum atomic E-state index is 0.393. The minimum absolute atomic E-state index is 0.393. The second-order valence-electron chi connectivity index (χ2n) is 5.74. The fourth-order valence-electron chi connectivity index (χ4n) is 2.61. The summed E-state index contributed by atoms with van der Waals surface area (Å²) in [5.41, 5.74) is 2.55. The molecule has 1 N–H and O–H groups in total. The molecule has 0 saturated carbocycles. The van der Waals surface area contributed by atoms with Crippen LogP contribution in [0.15, 0.2) is 53.3 Å². The predicted molar refractivity (Wildman–Crippen MR) is 99.3 cm³/mol. The molecular weight excluding hydrogens is 362 g/mol. The van der Waals surface area contributed by atoms with E-state index < -0.39 is 0 Å². The van der Waals surface area contributed by atoms with Crippen LogP contribution in [0.3, 0.4) is 0 Å². The predicted octanol–water partition coefficient (Wildman–Crippen LogP) is 2.34. The SMILES string of the molecule is COc1ccc(-c2noc(CNc3ccc(-n4cnnn4)cc3)n2)cc1OC. The van der Waals surface area contributed by atoms with Crippen molar-refractivity contribution in [3.8, 4) is 28.6 Å². The van der Waals surface area contributed by atoms with E-state index in [0.29, 0.717) is 29.8 Å². The van der Waals surface area contributed by atoms with Gasteiger partial charge in [-0.3, -0.25) is 0 Å². The number of aromatic nitrogens is 6. The molecule has 10 heteroatoms. The Kier molecular flexibility index (Phi) is 4.83. The molecule has 28 heavy (non-hydrogen) atoms. The number of nitrogens with one attached hydrogen (secondary N) is 1. The van der Waals surface area contributed by atoms with Crippen molar-refractivity contribution < 1.29 is 14.0 Å². The third-order valence-corrected chi connectivity index (χ3v) is 4.03. The number of anilines is 1. The highest BCUT2D eigenvalue weighted by Gasteiger charge is 2.12. The van der Waals surface area contributed by atoms with Gasteiger partial charge in [-0.05, 0) is 52.9 Å². The molecule has 0 radical (unpaired) electrons. The van der Waals surface area contributed by atoms with Gasteiger partial charge in [-0.25, -0.2) is 4.68 Å². The number of hydrogen-bond acceptors (Lipinski definition) is 9. The highest BCUT2D eigenvalue weighted by molar-refractivity contribution is 5.60. The zero-order valence-corrected chi connectivity index (χ0v) is 15.2. The van der Waals surface area contributed by atoms with Crippen molar-refractivity contribution in [3.05, 3.63) is 54.7 Å². The highest BCUT2D eigenvalue weighted by atomic mass is 16.5. The van der Waals surface area contributed by atoms with Gasteiger partial charge in [-0.15, -0.1) is 5.10 Å². The Morgan fingerprint density at radius 2 is 1.86 bits per heavy atom. The standard InChI is InChI=1S/C18H17N7O3/c1-26-15-8-3-12(9-16(15)27-2)18-21-17(28-22-18)10-19-13-4-6-14(7-5-13)25-11-20-23-24-25/h3-9,11,19H,10H2,1-2H3. The lowest BCUT2D eigenvalue weighted by atomic mass is 10.2. The van der Waals surface area contributed by atoms with Crippen LogP contribution in [0.1, 0.15) is 5.89 Å². The molecule has 4 aromatic rings. The van der Waals surface area contributed by atoms with Gasteiger partial charge < -0.3 is 19.3 Å². The highest BCUT2D eigenvalue weighted by Crippen LogP contribution is 2.31. The molecule has 4 rings (SSSR count). The molecule has 10 nitrogen and oxygen atoms in total. The van der Waals surface area contributed by atoms with Crippen molar-refractivity contribution >= 4 is 5.69 Å². The molecule has 0 atom stereocenters. The molecule has 0 aliphatic rings. The summed E-state index contributed by atoms with van der Waals surface area (Å²) in [6.45, 7) is 0.393. The smallest absolute Gasteiger partial charge is 0.246 e. The summed E-state index contributed by atoms with van der Waals surface area (Å²) in [7, 11) is 3.17. The lowest BCUT2D eigenvalue weighted by Gasteiger charge is -2.07. The van der Waals surface area contributed by atoms with E-state index in [1.54, 1.807) is 31.0 Å². The normalized spacial score (nSPS) is 10.6. The maximum Gasteiger partial charge on any atom is 0.246 e. The average molecular weight is 379 g/mol. The molecular formula is C18H17N7O3. The second kappa shape index (κ2) is 7.74. The first kappa shape index (κ1) is 17.5. The van der Waals surface area contributed by atoms with Crippen LogP contribution in [-0.2, 0) is 6.54 Å². The number of hydrogen-bond donors (Lipinski definition) is 1. The number of tetrazole rings is 1. The van der Waals surface area contributed by atoms with Crippen molar-refractivity contribution in [1.82, 2.24) is 30.3 Å². The van der Waals surface area contributed by atoms with Crippen LogP contribution >= 0.6 is 0 Å². The van der Waals surface area contributed by atoms with Gasteiger partial charge in [0, 0.05) is 11.3 Å². The molecule has 0 unspecified atom stereocenters. The summed E-state index contributed by atoms with van der Waals surface area (Å²) >= 11 is 0. The second-order valence-corrected chi connectivity index (χ2v) is 5.74. The van der Waals surface area contributed by atoms with E-state index in [1.807, 2.05) is 30.3 Å². The fourth-order valence-corrected chi connectivity index (χ4v) is 2.61. The van der Waals surface area contributed by atoms with Crippen molar-refractivity contribution in [2.45, 2.75) is 6.54 Å². The Balaban J connectivity index is 1.42. The monoisotopic (exact) mass is 379 g/mol. The molecule has 0 bridgehead atoms. The van der Waals surface area contributed by atoms with Gasteiger partial charge in [0.05, 0.1) is 26.5 Å². The van der Waals surface area contributed by atoms with Crippen LogP contribution in [-0.4, -0.2) is 44.6 Å². The van der Waals surface area contributed by atoms with Crippen molar-refractivity contribution in [3.63, 3.8) is 0 Å². The summed E-state index contributed by atoms with van der Waals surface area (Å²) < 4.78 is 17.5. The van der Waals surface area contributed by atoms with Gasteiger partial charge in [0.25, 0.3) is 0 Å². The van der Waals surface area contributed by atoms with Crippen LogP contribution in [0.4, 0.5) is 5.69 Å². The summed E-state index contributed by atoms with van der Waals surface area (Å²) in [4.78, 5) is 4.42. The van der Waals surface area contributed by atoms with Crippen LogP contribution in [0.2, 0.25) is 0 Å². The van der Waals surface area contributed by atoms with E-state index in [2.05, 4.69) is 31.0 Å². The van der Waals surface area contributed by atoms with Gasteiger partial charge in [-0.2, -0.15) is 4.98 Å². The molecule has 0 amide bonds. The summed E-state index contributed by atoms with van der Waals surface area (Å²) in [6.07, 6.45) is 1.54. The molecule has 0 aliphatic heterocycles. The van der Waals surface area contributed by atoms with Crippen LogP contribution in [0, 0.1) is 0 Å². The average Bonchev–Trinajstić information content (AvgIpc) is 3.44. The van der Waals surface area contributed by atoms with E-state index in [9.17, 15) is 0 Å². The maximum atomic E-state index is 5.33. The molecule has 2 heterocycles. The molecule has 0 saturated heterocycles. The van der Waals surface area contributed by atoms with Gasteiger partial charge >= 0.3 is 0 Å². The topological polar surface area (TPSA) is 113 Å². The Morgan fingerprint density at radius 1 is 1.04 bits per heavy atom. The van der Waals surface area contributed by atoms with Gasteiger partial charge in [0.15, 0.2) is 11.5 Å². The number of methoxy groups -OCH3 is 2. The van der Waals surface area contributed by atoms with E-state index in [1.165, 1.54) is 6.33 Å². The number of nitrogens with zero attached hydrogens (tertiary/aromatic N) is 6. The van der Waals surface area contributed by atoms with E-state index in [0.717, 1.165) is 16.9 Å². The van der Waals surface area contributed by atoms with Gasteiger partial charge in [0.1, 0.15) is 6.33 Å². The minimum Gasteiger partial charge on any atom is -0.493 e. The number of ether oxygens (including phenoxy) is 2.